The Labute approximate surface area is 113 Å². The second-order valence-corrected chi connectivity index (χ2v) is 5.18. The number of aryl methyl sites for hydroxylation is 1. The first-order chi connectivity index (χ1) is 9.22. The van der Waals surface area contributed by atoms with Crippen molar-refractivity contribution in [1.29, 1.82) is 0 Å². The molecule has 1 aliphatic rings. The average Bonchev–Trinajstić information content (AvgIpc) is 2.43. The fraction of sp³-hybridized carbons (Fsp3) is 0.714. The number of hydrogen-bond acceptors (Lipinski definition) is 3. The number of hydrogen-bond donors (Lipinski definition) is 0. The maximum Gasteiger partial charge on any atom is 0.331 e. The largest absolute Gasteiger partial charge is 0.331 e. The molecule has 1 aromatic heterocycles. The first-order valence-corrected chi connectivity index (χ1v) is 7.25. The van der Waals surface area contributed by atoms with Crippen molar-refractivity contribution in [3.05, 3.63) is 33.1 Å². The number of likely N-dealkylation sites (tertiary alicyclic amines) is 1. The molecule has 106 valence electrons. The highest BCUT2D eigenvalue weighted by Gasteiger charge is 2.11. The minimum atomic E-state index is -0.186. The predicted octanol–water partition coefficient (Wildman–Crippen LogP) is 0.906. The van der Waals surface area contributed by atoms with E-state index in [4.69, 9.17) is 0 Å². The Bertz CT molecular complexity index is 512. The smallest absolute Gasteiger partial charge is 0.302 e. The molecule has 0 N–H and O–H groups in total. The van der Waals surface area contributed by atoms with Crippen molar-refractivity contribution in [3.8, 4) is 0 Å². The van der Waals surface area contributed by atoms with Gasteiger partial charge in [-0.1, -0.05) is 13.3 Å². The third-order valence-electron chi connectivity index (χ3n) is 3.69. The van der Waals surface area contributed by atoms with Gasteiger partial charge in [-0.25, -0.2) is 4.79 Å². The second-order valence-electron chi connectivity index (χ2n) is 5.18. The zero-order valence-corrected chi connectivity index (χ0v) is 11.7. The highest BCUT2D eigenvalue weighted by Crippen LogP contribution is 2.07. The maximum absolute atomic E-state index is 12.2. The molecule has 0 aliphatic carbocycles. The molecule has 0 aromatic carbocycles. The van der Waals surface area contributed by atoms with E-state index in [9.17, 15) is 9.59 Å². The Balaban J connectivity index is 2.08. The summed E-state index contributed by atoms with van der Waals surface area (Å²) in [5.74, 6) is 0. The van der Waals surface area contributed by atoms with E-state index >= 15 is 0 Å². The monoisotopic (exact) mass is 265 g/mol. The average molecular weight is 265 g/mol. The molecule has 0 amide bonds. The summed E-state index contributed by atoms with van der Waals surface area (Å²) in [5.41, 5.74) is -0.360. The minimum Gasteiger partial charge on any atom is -0.302 e. The van der Waals surface area contributed by atoms with Crippen molar-refractivity contribution in [2.75, 3.05) is 19.6 Å². The molecule has 0 spiro atoms. The van der Waals surface area contributed by atoms with Crippen LogP contribution in [0.1, 0.15) is 32.6 Å². The highest BCUT2D eigenvalue weighted by molar-refractivity contribution is 4.86. The molecule has 0 saturated carbocycles. The number of piperidine rings is 1. The lowest BCUT2D eigenvalue weighted by Crippen LogP contribution is -2.42. The van der Waals surface area contributed by atoms with Crippen molar-refractivity contribution < 1.29 is 0 Å². The van der Waals surface area contributed by atoms with Crippen LogP contribution in [0.15, 0.2) is 21.9 Å². The summed E-state index contributed by atoms with van der Waals surface area (Å²) in [5, 5.41) is 0. The van der Waals surface area contributed by atoms with Crippen molar-refractivity contribution in [2.45, 2.75) is 45.7 Å². The number of aromatic nitrogens is 2. The van der Waals surface area contributed by atoms with Crippen LogP contribution in [0.3, 0.4) is 0 Å². The van der Waals surface area contributed by atoms with Crippen LogP contribution in [0.2, 0.25) is 0 Å². The maximum atomic E-state index is 12.2. The van der Waals surface area contributed by atoms with Crippen LogP contribution >= 0.6 is 0 Å². The first kappa shape index (κ1) is 14.1. The van der Waals surface area contributed by atoms with Gasteiger partial charge < -0.3 is 9.47 Å². The predicted molar refractivity (Wildman–Crippen MR) is 75.5 cm³/mol. The second kappa shape index (κ2) is 6.70. The Morgan fingerprint density at radius 2 is 1.79 bits per heavy atom. The van der Waals surface area contributed by atoms with Crippen molar-refractivity contribution >= 4 is 0 Å². The van der Waals surface area contributed by atoms with E-state index in [1.54, 1.807) is 10.8 Å². The minimum absolute atomic E-state index is 0.175. The molecule has 1 saturated heterocycles. The molecule has 0 bridgehead atoms. The van der Waals surface area contributed by atoms with Gasteiger partial charge in [0.2, 0.25) is 0 Å². The molecular weight excluding hydrogens is 242 g/mol. The van der Waals surface area contributed by atoms with E-state index in [0.29, 0.717) is 13.1 Å². The van der Waals surface area contributed by atoms with Crippen LogP contribution in [0.4, 0.5) is 0 Å². The normalized spacial score (nSPS) is 16.7. The fourth-order valence-corrected chi connectivity index (χ4v) is 2.60. The van der Waals surface area contributed by atoms with E-state index in [1.165, 1.54) is 29.9 Å². The van der Waals surface area contributed by atoms with Crippen molar-refractivity contribution in [3.63, 3.8) is 0 Å². The van der Waals surface area contributed by atoms with Crippen LogP contribution < -0.4 is 11.2 Å². The summed E-state index contributed by atoms with van der Waals surface area (Å²) in [7, 11) is 0. The van der Waals surface area contributed by atoms with Crippen LogP contribution in [-0.2, 0) is 13.1 Å². The number of nitrogens with zero attached hydrogens (tertiary/aromatic N) is 3. The molecular formula is C14H23N3O2. The zero-order chi connectivity index (χ0) is 13.7. The summed E-state index contributed by atoms with van der Waals surface area (Å²) in [6.45, 7) is 6.17. The van der Waals surface area contributed by atoms with Crippen molar-refractivity contribution in [1.82, 2.24) is 14.0 Å². The van der Waals surface area contributed by atoms with Crippen LogP contribution in [0, 0.1) is 0 Å². The Morgan fingerprint density at radius 3 is 2.47 bits per heavy atom. The lowest BCUT2D eigenvalue weighted by molar-refractivity contribution is 0.218. The van der Waals surface area contributed by atoms with Gasteiger partial charge in [0.25, 0.3) is 5.56 Å². The third-order valence-corrected chi connectivity index (χ3v) is 3.69. The molecule has 19 heavy (non-hydrogen) atoms. The molecule has 2 heterocycles. The van der Waals surface area contributed by atoms with Crippen LogP contribution in [0.25, 0.3) is 0 Å². The molecule has 2 rings (SSSR count). The van der Waals surface area contributed by atoms with Gasteiger partial charge in [0.05, 0.1) is 0 Å². The Morgan fingerprint density at radius 1 is 1.05 bits per heavy atom. The Hall–Kier alpha value is -1.36. The topological polar surface area (TPSA) is 47.2 Å². The fourth-order valence-electron chi connectivity index (χ4n) is 2.60. The summed E-state index contributed by atoms with van der Waals surface area (Å²) >= 11 is 0. The standard InChI is InChI=1S/C14H23N3O2/c1-2-7-16-10-6-13(18)17(14(16)19)12-11-15-8-4-3-5-9-15/h6,10H,2-5,7-9,11-12H2,1H3. The van der Waals surface area contributed by atoms with Gasteiger partial charge in [-0.2, -0.15) is 0 Å². The van der Waals surface area contributed by atoms with Gasteiger partial charge in [-0.3, -0.25) is 9.36 Å². The van der Waals surface area contributed by atoms with E-state index < -0.39 is 0 Å². The van der Waals surface area contributed by atoms with Gasteiger partial charge >= 0.3 is 5.69 Å². The van der Waals surface area contributed by atoms with E-state index in [0.717, 1.165) is 26.1 Å². The lowest BCUT2D eigenvalue weighted by Gasteiger charge is -2.26. The summed E-state index contributed by atoms with van der Waals surface area (Å²) in [6, 6.07) is 1.49. The SMILES string of the molecule is CCCn1ccc(=O)n(CCN2CCCCC2)c1=O. The van der Waals surface area contributed by atoms with Crippen LogP contribution in [0.5, 0.6) is 0 Å². The highest BCUT2D eigenvalue weighted by atomic mass is 16.2. The van der Waals surface area contributed by atoms with Crippen LogP contribution in [-0.4, -0.2) is 33.7 Å². The zero-order valence-electron chi connectivity index (χ0n) is 11.7. The third kappa shape index (κ3) is 3.56. The van der Waals surface area contributed by atoms with Crippen molar-refractivity contribution in [2.24, 2.45) is 0 Å². The molecule has 5 heteroatoms. The quantitative estimate of drug-likeness (QED) is 0.795. The Kier molecular flexibility index (Phi) is 4.96. The summed E-state index contributed by atoms with van der Waals surface area (Å²) < 4.78 is 2.99. The molecule has 0 atom stereocenters. The van der Waals surface area contributed by atoms with Gasteiger partial charge in [-0.15, -0.1) is 0 Å². The van der Waals surface area contributed by atoms with Gasteiger partial charge in [0, 0.05) is 31.9 Å². The lowest BCUT2D eigenvalue weighted by atomic mass is 10.1. The first-order valence-electron chi connectivity index (χ1n) is 7.25. The van der Waals surface area contributed by atoms with Gasteiger partial charge in [-0.05, 0) is 32.4 Å². The molecule has 0 radical (unpaired) electrons. The molecule has 1 fully saturated rings. The summed E-state index contributed by atoms with van der Waals surface area (Å²) in [6.07, 6.45) is 6.24. The van der Waals surface area contributed by atoms with Gasteiger partial charge in [0.15, 0.2) is 0 Å². The molecule has 0 unspecified atom stereocenters. The molecule has 5 nitrogen and oxygen atoms in total. The van der Waals surface area contributed by atoms with E-state index in [-0.39, 0.29) is 11.2 Å². The molecule has 1 aromatic rings. The van der Waals surface area contributed by atoms with E-state index in [2.05, 4.69) is 4.90 Å². The molecule has 1 aliphatic heterocycles. The number of rotatable bonds is 5. The van der Waals surface area contributed by atoms with Gasteiger partial charge in [0.1, 0.15) is 0 Å². The van der Waals surface area contributed by atoms with E-state index in [1.807, 2.05) is 6.92 Å². The summed E-state index contributed by atoms with van der Waals surface area (Å²) in [4.78, 5) is 26.3.